The van der Waals surface area contributed by atoms with Crippen molar-refractivity contribution in [1.29, 1.82) is 0 Å². The predicted octanol–water partition coefficient (Wildman–Crippen LogP) is 5.66. The maximum atomic E-state index is 13.2. The van der Waals surface area contributed by atoms with Crippen LogP contribution in [-0.4, -0.2) is 24.0 Å². The van der Waals surface area contributed by atoms with E-state index in [9.17, 15) is 22.8 Å². The highest BCUT2D eigenvalue weighted by molar-refractivity contribution is 9.10. The summed E-state index contributed by atoms with van der Waals surface area (Å²) in [5.74, 6) is 0.435. The number of pyridine rings is 1. The van der Waals surface area contributed by atoms with Gasteiger partial charge in [-0.25, -0.2) is 4.79 Å². The Bertz CT molecular complexity index is 1140. The summed E-state index contributed by atoms with van der Waals surface area (Å²) in [5, 5.41) is 7.12. The van der Waals surface area contributed by atoms with E-state index in [0.717, 1.165) is 12.1 Å². The lowest BCUT2D eigenvalue weighted by Crippen LogP contribution is -2.21. The molecule has 2 aromatic carbocycles. The van der Waals surface area contributed by atoms with Crippen LogP contribution in [0.3, 0.4) is 0 Å². The van der Waals surface area contributed by atoms with Gasteiger partial charge in [0.2, 0.25) is 0 Å². The van der Waals surface area contributed by atoms with Crippen molar-refractivity contribution in [2.24, 2.45) is 0 Å². The summed E-state index contributed by atoms with van der Waals surface area (Å²) in [4.78, 5) is 27.8. The molecule has 1 heterocycles. The van der Waals surface area contributed by atoms with Gasteiger partial charge in [0.15, 0.2) is 0 Å². The molecule has 0 saturated carbocycles. The third-order valence-corrected chi connectivity index (χ3v) is 4.57. The topological polar surface area (TPSA) is 92.4 Å². The van der Waals surface area contributed by atoms with Gasteiger partial charge in [0.1, 0.15) is 17.2 Å². The van der Waals surface area contributed by atoms with Crippen LogP contribution < -0.4 is 20.7 Å². The highest BCUT2D eigenvalue weighted by Crippen LogP contribution is 2.36. The Hall–Kier alpha value is -3.60. The largest absolute Gasteiger partial charge is 0.457 e. The van der Waals surface area contributed by atoms with E-state index in [2.05, 4.69) is 36.9 Å². The molecule has 0 bridgehead atoms. The molecule has 0 aliphatic rings. The zero-order valence-corrected chi connectivity index (χ0v) is 18.0. The summed E-state index contributed by atoms with van der Waals surface area (Å²) in [6.45, 7) is 0. The van der Waals surface area contributed by atoms with Crippen molar-refractivity contribution in [3.63, 3.8) is 0 Å². The number of carbonyl (C=O) groups excluding carboxylic acids is 2. The summed E-state index contributed by atoms with van der Waals surface area (Å²) in [5.41, 5.74) is -0.825. The average molecular weight is 509 g/mol. The van der Waals surface area contributed by atoms with E-state index in [-0.39, 0.29) is 21.8 Å². The molecular formula is C21H16BrF3N4O3. The van der Waals surface area contributed by atoms with Gasteiger partial charge in [-0.2, -0.15) is 13.2 Å². The van der Waals surface area contributed by atoms with Crippen molar-refractivity contribution in [2.45, 2.75) is 6.18 Å². The van der Waals surface area contributed by atoms with Crippen molar-refractivity contribution in [1.82, 2.24) is 10.3 Å². The molecule has 0 fully saturated rings. The number of alkyl halides is 3. The van der Waals surface area contributed by atoms with Crippen LogP contribution in [0, 0.1) is 0 Å². The molecule has 0 saturated heterocycles. The number of urea groups is 1. The fourth-order valence-electron chi connectivity index (χ4n) is 2.61. The molecule has 11 heteroatoms. The molecule has 3 aromatic rings. The lowest BCUT2D eigenvalue weighted by Gasteiger charge is -2.15. The Morgan fingerprint density at radius 1 is 0.969 bits per heavy atom. The Morgan fingerprint density at radius 3 is 2.34 bits per heavy atom. The van der Waals surface area contributed by atoms with Gasteiger partial charge in [-0.1, -0.05) is 15.9 Å². The number of ether oxygens (including phenoxy) is 1. The summed E-state index contributed by atoms with van der Waals surface area (Å²) >= 11 is 2.99. The number of amides is 3. The van der Waals surface area contributed by atoms with Gasteiger partial charge < -0.3 is 20.7 Å². The van der Waals surface area contributed by atoms with Gasteiger partial charge in [0.25, 0.3) is 5.91 Å². The molecular weight excluding hydrogens is 493 g/mol. The van der Waals surface area contributed by atoms with Crippen LogP contribution in [0.2, 0.25) is 0 Å². The first kappa shape index (κ1) is 23.1. The number of anilines is 2. The van der Waals surface area contributed by atoms with Crippen LogP contribution in [0.25, 0.3) is 0 Å². The molecule has 32 heavy (non-hydrogen) atoms. The molecule has 166 valence electrons. The van der Waals surface area contributed by atoms with Crippen molar-refractivity contribution < 1.29 is 27.5 Å². The molecule has 0 unspecified atom stereocenters. The second-order valence-corrected chi connectivity index (χ2v) is 7.26. The molecule has 0 aliphatic carbocycles. The van der Waals surface area contributed by atoms with Crippen LogP contribution in [0.4, 0.5) is 29.3 Å². The van der Waals surface area contributed by atoms with Crippen LogP contribution in [0.5, 0.6) is 11.5 Å². The van der Waals surface area contributed by atoms with Gasteiger partial charge in [0, 0.05) is 29.5 Å². The van der Waals surface area contributed by atoms with Gasteiger partial charge in [-0.3, -0.25) is 9.78 Å². The van der Waals surface area contributed by atoms with Crippen LogP contribution in [0.1, 0.15) is 16.1 Å². The first-order chi connectivity index (χ1) is 15.2. The van der Waals surface area contributed by atoms with Crippen LogP contribution in [0.15, 0.2) is 65.3 Å². The number of nitrogens with one attached hydrogen (secondary N) is 3. The molecule has 0 atom stereocenters. The highest BCUT2D eigenvalue weighted by Gasteiger charge is 2.34. The van der Waals surface area contributed by atoms with Crippen molar-refractivity contribution in [3.05, 3.63) is 76.5 Å². The molecule has 0 radical (unpaired) electrons. The minimum Gasteiger partial charge on any atom is -0.457 e. The van der Waals surface area contributed by atoms with E-state index in [1.807, 2.05) is 0 Å². The second kappa shape index (κ2) is 9.69. The molecule has 3 N–H and O–H groups in total. The minimum absolute atomic E-state index is 0.186. The Kier molecular flexibility index (Phi) is 6.98. The van der Waals surface area contributed by atoms with Crippen molar-refractivity contribution in [3.8, 4) is 11.5 Å². The molecule has 0 aliphatic heterocycles. The number of hydrogen-bond acceptors (Lipinski definition) is 4. The highest BCUT2D eigenvalue weighted by atomic mass is 79.9. The van der Waals surface area contributed by atoms with Gasteiger partial charge in [-0.15, -0.1) is 0 Å². The van der Waals surface area contributed by atoms with E-state index in [0.29, 0.717) is 17.2 Å². The van der Waals surface area contributed by atoms with Crippen LogP contribution in [-0.2, 0) is 6.18 Å². The Labute approximate surface area is 189 Å². The van der Waals surface area contributed by atoms with Crippen molar-refractivity contribution in [2.75, 3.05) is 17.7 Å². The lowest BCUT2D eigenvalue weighted by molar-refractivity contribution is -0.137. The summed E-state index contributed by atoms with van der Waals surface area (Å²) < 4.78 is 45.5. The van der Waals surface area contributed by atoms with Crippen molar-refractivity contribution >= 4 is 39.2 Å². The summed E-state index contributed by atoms with van der Waals surface area (Å²) in [7, 11) is 1.49. The number of benzene rings is 2. The van der Waals surface area contributed by atoms with E-state index in [4.69, 9.17) is 4.74 Å². The maximum Gasteiger partial charge on any atom is 0.418 e. The third-order valence-electron chi connectivity index (χ3n) is 4.07. The number of halogens is 4. The first-order valence-corrected chi connectivity index (χ1v) is 9.86. The summed E-state index contributed by atoms with van der Waals surface area (Å²) in [6, 6.07) is 11.8. The zero-order chi connectivity index (χ0) is 23.3. The van der Waals surface area contributed by atoms with Gasteiger partial charge in [0.05, 0.1) is 11.3 Å². The van der Waals surface area contributed by atoms with E-state index in [1.54, 1.807) is 18.2 Å². The summed E-state index contributed by atoms with van der Waals surface area (Å²) in [6.07, 6.45) is -3.20. The molecule has 0 spiro atoms. The van der Waals surface area contributed by atoms with Gasteiger partial charge >= 0.3 is 12.2 Å². The molecule has 7 nitrogen and oxygen atoms in total. The Morgan fingerprint density at radius 2 is 1.69 bits per heavy atom. The second-order valence-electron chi connectivity index (χ2n) is 6.35. The quantitative estimate of drug-likeness (QED) is 0.414. The smallest absolute Gasteiger partial charge is 0.418 e. The van der Waals surface area contributed by atoms with E-state index in [1.165, 1.54) is 37.5 Å². The standard InChI is InChI=1S/C21H16BrF3N4O3/c1-26-19(30)18-11-15(8-9-27-18)32-14-5-3-13(4-6-14)28-20(31)29-17-7-2-12(22)10-16(17)21(23,24)25/h2-11H,1H3,(H,26,30)(H2,28,29,31). The average Bonchev–Trinajstić information content (AvgIpc) is 2.75. The normalized spacial score (nSPS) is 10.9. The number of hydrogen-bond donors (Lipinski definition) is 3. The lowest BCUT2D eigenvalue weighted by atomic mass is 10.1. The predicted molar refractivity (Wildman–Crippen MR) is 116 cm³/mol. The van der Waals surface area contributed by atoms with Crippen LogP contribution >= 0.6 is 15.9 Å². The minimum atomic E-state index is -4.63. The Balaban J connectivity index is 1.65. The number of aromatic nitrogens is 1. The molecule has 3 rings (SSSR count). The monoisotopic (exact) mass is 508 g/mol. The number of nitrogens with zero attached hydrogens (tertiary/aromatic N) is 1. The van der Waals surface area contributed by atoms with Gasteiger partial charge in [-0.05, 0) is 48.5 Å². The maximum absolute atomic E-state index is 13.2. The first-order valence-electron chi connectivity index (χ1n) is 9.06. The molecule has 3 amide bonds. The number of carbonyl (C=O) groups is 2. The fraction of sp³-hybridized carbons (Fsp3) is 0.0952. The zero-order valence-electron chi connectivity index (χ0n) is 16.5. The third kappa shape index (κ3) is 5.97. The van der Waals surface area contributed by atoms with E-state index < -0.39 is 17.8 Å². The number of rotatable bonds is 5. The SMILES string of the molecule is CNC(=O)c1cc(Oc2ccc(NC(=O)Nc3ccc(Br)cc3C(F)(F)F)cc2)ccn1. The van der Waals surface area contributed by atoms with E-state index >= 15 is 0 Å². The molecule has 1 aromatic heterocycles. The fourth-order valence-corrected chi connectivity index (χ4v) is 2.98.